The third-order valence-electron chi connectivity index (χ3n) is 5.14. The maximum absolute atomic E-state index is 13.6. The second kappa shape index (κ2) is 8.09. The Kier molecular flexibility index (Phi) is 5.11. The monoisotopic (exact) mass is 491 g/mol. The van der Waals surface area contributed by atoms with E-state index in [2.05, 4.69) is 21.2 Å². The quantitative estimate of drug-likeness (QED) is 0.285. The van der Waals surface area contributed by atoms with Crippen molar-refractivity contribution in [3.8, 4) is 0 Å². The highest BCUT2D eigenvalue weighted by Gasteiger charge is 2.24. The van der Waals surface area contributed by atoms with E-state index in [1.807, 2.05) is 0 Å². The number of benzene rings is 3. The highest BCUT2D eigenvalue weighted by Crippen LogP contribution is 2.33. The van der Waals surface area contributed by atoms with E-state index in [0.717, 1.165) is 4.47 Å². The first-order chi connectivity index (χ1) is 15.5. The number of carbonyl (C=O) groups is 2. The van der Waals surface area contributed by atoms with Crippen molar-refractivity contribution in [2.75, 3.05) is 5.32 Å². The molecule has 1 N–H and O–H groups in total. The van der Waals surface area contributed by atoms with Crippen molar-refractivity contribution >= 4 is 55.2 Å². The summed E-state index contributed by atoms with van der Waals surface area (Å²) in [5, 5.41) is 3.96. The molecule has 0 radical (unpaired) electrons. The number of furan rings is 2. The summed E-state index contributed by atoms with van der Waals surface area (Å²) in [5.74, 6) is -1.10. The molecule has 0 aliphatic carbocycles. The van der Waals surface area contributed by atoms with Crippen LogP contribution in [0.15, 0.2) is 86.3 Å². The number of para-hydroxylation sites is 1. The first kappa shape index (κ1) is 20.2. The van der Waals surface area contributed by atoms with Gasteiger partial charge in [0.25, 0.3) is 0 Å². The van der Waals surface area contributed by atoms with Crippen LogP contribution in [0.2, 0.25) is 0 Å². The molecule has 158 valence electrons. The van der Waals surface area contributed by atoms with Crippen LogP contribution in [0.3, 0.4) is 0 Å². The Morgan fingerprint density at radius 3 is 2.53 bits per heavy atom. The maximum Gasteiger partial charge on any atom is 0.230 e. The summed E-state index contributed by atoms with van der Waals surface area (Å²) in [6, 6.07) is 18.1. The van der Waals surface area contributed by atoms with E-state index in [-0.39, 0.29) is 23.9 Å². The van der Waals surface area contributed by atoms with Crippen LogP contribution in [0, 0.1) is 5.82 Å². The van der Waals surface area contributed by atoms with Gasteiger partial charge in [0.15, 0.2) is 5.76 Å². The molecule has 0 fully saturated rings. The number of halogens is 2. The van der Waals surface area contributed by atoms with Gasteiger partial charge in [0.05, 0.1) is 18.4 Å². The predicted octanol–water partition coefficient (Wildman–Crippen LogP) is 6.49. The largest absolute Gasteiger partial charge is 0.464 e. The molecular weight excluding hydrogens is 477 g/mol. The second-order valence-electron chi connectivity index (χ2n) is 7.26. The van der Waals surface area contributed by atoms with Crippen LogP contribution in [0.5, 0.6) is 0 Å². The van der Waals surface area contributed by atoms with Crippen LogP contribution >= 0.6 is 15.9 Å². The Balaban J connectivity index is 1.49. The lowest BCUT2D eigenvalue weighted by atomic mass is 10.1. The molecule has 0 saturated carbocycles. The molecule has 5 rings (SSSR count). The number of hydrogen-bond acceptors (Lipinski definition) is 4. The molecule has 0 saturated heterocycles. The smallest absolute Gasteiger partial charge is 0.230 e. The summed E-state index contributed by atoms with van der Waals surface area (Å²) in [7, 11) is 0. The number of hydrogen-bond donors (Lipinski definition) is 1. The van der Waals surface area contributed by atoms with Gasteiger partial charge in [-0.05, 0) is 54.6 Å². The Morgan fingerprint density at radius 2 is 1.72 bits per heavy atom. The molecule has 5 nitrogen and oxygen atoms in total. The number of rotatable bonds is 5. The van der Waals surface area contributed by atoms with Gasteiger partial charge in [-0.15, -0.1) is 0 Å². The normalized spacial score (nSPS) is 11.2. The molecule has 1 amide bonds. The summed E-state index contributed by atoms with van der Waals surface area (Å²) in [6.07, 6.45) is 1.38. The van der Waals surface area contributed by atoms with E-state index < -0.39 is 5.82 Å². The molecule has 0 atom stereocenters. The SMILES string of the molecule is O=C(Cc1coc2ccc(F)cc12)Nc1c(C(=O)c2ccc(Br)cc2)oc2ccccc12. The minimum absolute atomic E-state index is 0.0463. The molecule has 3 aromatic carbocycles. The van der Waals surface area contributed by atoms with E-state index in [4.69, 9.17) is 8.83 Å². The van der Waals surface area contributed by atoms with Crippen LogP contribution in [0.4, 0.5) is 10.1 Å². The summed E-state index contributed by atoms with van der Waals surface area (Å²) in [6.45, 7) is 0. The summed E-state index contributed by atoms with van der Waals surface area (Å²) in [4.78, 5) is 26.0. The fourth-order valence-electron chi connectivity index (χ4n) is 3.61. The molecule has 2 aromatic heterocycles. The summed E-state index contributed by atoms with van der Waals surface area (Å²) in [5.41, 5.74) is 2.26. The zero-order valence-corrected chi connectivity index (χ0v) is 18.1. The zero-order chi connectivity index (χ0) is 22.2. The van der Waals surface area contributed by atoms with E-state index in [0.29, 0.717) is 38.8 Å². The lowest BCUT2D eigenvalue weighted by Crippen LogP contribution is -2.16. The third-order valence-corrected chi connectivity index (χ3v) is 5.67. The maximum atomic E-state index is 13.6. The Morgan fingerprint density at radius 1 is 0.938 bits per heavy atom. The molecular formula is C25H15BrFNO4. The number of carbonyl (C=O) groups excluding carboxylic acids is 2. The zero-order valence-electron chi connectivity index (χ0n) is 16.5. The molecule has 5 aromatic rings. The standard InChI is InChI=1S/C25H15BrFNO4/c26-16-7-5-14(6-8-16)24(30)25-23(18-3-1-2-4-21(18)32-25)28-22(29)11-15-13-31-20-10-9-17(27)12-19(15)20/h1-10,12-13H,11H2,(H,28,29). The van der Waals surface area contributed by atoms with Crippen molar-refractivity contribution in [2.24, 2.45) is 0 Å². The highest BCUT2D eigenvalue weighted by molar-refractivity contribution is 9.10. The lowest BCUT2D eigenvalue weighted by molar-refractivity contribution is -0.115. The van der Waals surface area contributed by atoms with E-state index in [9.17, 15) is 14.0 Å². The first-order valence-electron chi connectivity index (χ1n) is 9.77. The Hall–Kier alpha value is -3.71. The number of ketones is 1. The van der Waals surface area contributed by atoms with Gasteiger partial charge in [0.2, 0.25) is 11.7 Å². The van der Waals surface area contributed by atoms with Gasteiger partial charge in [-0.3, -0.25) is 9.59 Å². The predicted molar refractivity (Wildman–Crippen MR) is 122 cm³/mol. The Labute approximate surface area is 189 Å². The molecule has 0 aliphatic rings. The molecule has 0 aliphatic heterocycles. The van der Waals surface area contributed by atoms with Gasteiger partial charge < -0.3 is 14.2 Å². The van der Waals surface area contributed by atoms with Crippen LogP contribution in [-0.2, 0) is 11.2 Å². The third kappa shape index (κ3) is 3.71. The summed E-state index contributed by atoms with van der Waals surface area (Å²) < 4.78 is 25.7. The fourth-order valence-corrected chi connectivity index (χ4v) is 3.87. The topological polar surface area (TPSA) is 72.5 Å². The first-order valence-corrected chi connectivity index (χ1v) is 10.6. The van der Waals surface area contributed by atoms with Crippen LogP contribution in [0.1, 0.15) is 21.7 Å². The van der Waals surface area contributed by atoms with E-state index >= 15 is 0 Å². The number of amides is 1. The van der Waals surface area contributed by atoms with Gasteiger partial charge >= 0.3 is 0 Å². The van der Waals surface area contributed by atoms with Crippen molar-refractivity contribution in [1.29, 1.82) is 0 Å². The highest BCUT2D eigenvalue weighted by atomic mass is 79.9. The van der Waals surface area contributed by atoms with Crippen LogP contribution in [-0.4, -0.2) is 11.7 Å². The van der Waals surface area contributed by atoms with Gasteiger partial charge in [0, 0.05) is 26.4 Å². The fraction of sp³-hybridized carbons (Fsp3) is 0.0400. The van der Waals surface area contributed by atoms with E-state index in [1.165, 1.54) is 24.5 Å². The molecule has 0 spiro atoms. The van der Waals surface area contributed by atoms with Gasteiger partial charge in [0.1, 0.15) is 17.0 Å². The van der Waals surface area contributed by atoms with E-state index in [1.54, 1.807) is 48.5 Å². The Bertz CT molecular complexity index is 1480. The number of fused-ring (bicyclic) bond motifs is 2. The minimum atomic E-state index is -0.413. The summed E-state index contributed by atoms with van der Waals surface area (Å²) >= 11 is 3.35. The average molecular weight is 492 g/mol. The molecule has 7 heteroatoms. The van der Waals surface area contributed by atoms with Crippen LogP contribution in [0.25, 0.3) is 21.9 Å². The molecule has 32 heavy (non-hydrogen) atoms. The van der Waals surface area contributed by atoms with Gasteiger partial charge in [-0.25, -0.2) is 4.39 Å². The average Bonchev–Trinajstić information content (AvgIpc) is 3.35. The number of anilines is 1. The second-order valence-corrected chi connectivity index (χ2v) is 8.18. The lowest BCUT2D eigenvalue weighted by Gasteiger charge is -2.06. The van der Waals surface area contributed by atoms with Gasteiger partial charge in [-0.2, -0.15) is 0 Å². The van der Waals surface area contributed by atoms with Crippen molar-refractivity contribution < 1.29 is 22.8 Å². The van der Waals surface area contributed by atoms with Gasteiger partial charge in [-0.1, -0.05) is 28.1 Å². The van der Waals surface area contributed by atoms with Crippen molar-refractivity contribution in [3.63, 3.8) is 0 Å². The van der Waals surface area contributed by atoms with Crippen molar-refractivity contribution in [3.05, 3.63) is 100 Å². The minimum Gasteiger partial charge on any atom is -0.464 e. The number of nitrogens with one attached hydrogen (secondary N) is 1. The van der Waals surface area contributed by atoms with Crippen molar-refractivity contribution in [1.82, 2.24) is 0 Å². The molecule has 0 bridgehead atoms. The van der Waals surface area contributed by atoms with Crippen molar-refractivity contribution in [2.45, 2.75) is 6.42 Å². The molecule has 0 unspecified atom stereocenters. The van der Waals surface area contributed by atoms with Crippen LogP contribution < -0.4 is 5.32 Å². The molecule has 2 heterocycles.